The second-order valence-electron chi connectivity index (χ2n) is 4.52. The van der Waals surface area contributed by atoms with Crippen molar-refractivity contribution >= 4 is 43.0 Å². The number of anilines is 1. The molecule has 0 saturated carbocycles. The first kappa shape index (κ1) is 15.5. The summed E-state index contributed by atoms with van der Waals surface area (Å²) in [5, 5.41) is 1.93. The van der Waals surface area contributed by atoms with Gasteiger partial charge in [-0.1, -0.05) is 6.07 Å². The van der Waals surface area contributed by atoms with Gasteiger partial charge in [-0.15, -0.1) is 11.3 Å². The van der Waals surface area contributed by atoms with Crippen LogP contribution in [0.2, 0.25) is 0 Å². The van der Waals surface area contributed by atoms with E-state index in [4.69, 9.17) is 5.73 Å². The molecule has 0 aliphatic rings. The fourth-order valence-electron chi connectivity index (χ4n) is 1.80. The highest BCUT2D eigenvalue weighted by atomic mass is 79.9. The molecule has 2 N–H and O–H groups in total. The molecule has 0 fully saturated rings. The zero-order valence-corrected chi connectivity index (χ0v) is 14.3. The predicted molar refractivity (Wildman–Crippen MR) is 86.3 cm³/mol. The SMILES string of the molecule is Cc1ccc(N)cc1S(=O)(=O)N(C)Cc1cc(Br)cs1. The molecular formula is C13H15BrN2O2S2. The Labute approximate surface area is 131 Å². The zero-order valence-electron chi connectivity index (χ0n) is 11.1. The summed E-state index contributed by atoms with van der Waals surface area (Å²) in [4.78, 5) is 1.24. The molecular weight excluding hydrogens is 360 g/mol. The van der Waals surface area contributed by atoms with Crippen LogP contribution in [0.5, 0.6) is 0 Å². The molecule has 1 heterocycles. The quantitative estimate of drug-likeness (QED) is 0.835. The lowest BCUT2D eigenvalue weighted by atomic mass is 10.2. The molecule has 0 saturated heterocycles. The van der Waals surface area contributed by atoms with Crippen LogP contribution in [0.3, 0.4) is 0 Å². The summed E-state index contributed by atoms with van der Waals surface area (Å²) < 4.78 is 27.5. The van der Waals surface area contributed by atoms with Crippen molar-refractivity contribution in [2.45, 2.75) is 18.4 Å². The molecule has 20 heavy (non-hydrogen) atoms. The topological polar surface area (TPSA) is 63.4 Å². The van der Waals surface area contributed by atoms with E-state index in [1.807, 2.05) is 11.4 Å². The third-order valence-corrected chi connectivity index (χ3v) is 6.53. The predicted octanol–water partition coefficient (Wildman–Crippen LogP) is 3.22. The molecule has 1 aromatic heterocycles. The van der Waals surface area contributed by atoms with Gasteiger partial charge in [0.15, 0.2) is 0 Å². The van der Waals surface area contributed by atoms with Crippen molar-refractivity contribution in [2.75, 3.05) is 12.8 Å². The van der Waals surface area contributed by atoms with Crippen LogP contribution in [0.15, 0.2) is 39.0 Å². The van der Waals surface area contributed by atoms with Crippen LogP contribution in [-0.2, 0) is 16.6 Å². The number of hydrogen-bond donors (Lipinski definition) is 1. The number of nitrogen functional groups attached to an aromatic ring is 1. The number of aryl methyl sites for hydroxylation is 1. The molecule has 1 aromatic carbocycles. The molecule has 4 nitrogen and oxygen atoms in total. The number of thiophene rings is 1. The van der Waals surface area contributed by atoms with Gasteiger partial charge in [-0.2, -0.15) is 4.31 Å². The molecule has 0 spiro atoms. The van der Waals surface area contributed by atoms with Crippen LogP contribution in [0.4, 0.5) is 5.69 Å². The first-order chi connectivity index (χ1) is 9.30. The molecule has 0 aliphatic heterocycles. The molecule has 2 rings (SSSR count). The van der Waals surface area contributed by atoms with Gasteiger partial charge < -0.3 is 5.73 Å². The lowest BCUT2D eigenvalue weighted by Crippen LogP contribution is -2.26. The Morgan fingerprint density at radius 3 is 2.65 bits per heavy atom. The normalized spacial score (nSPS) is 12.0. The smallest absolute Gasteiger partial charge is 0.243 e. The highest BCUT2D eigenvalue weighted by Crippen LogP contribution is 2.25. The molecule has 0 aliphatic carbocycles. The van der Waals surface area contributed by atoms with Crippen molar-refractivity contribution in [2.24, 2.45) is 0 Å². The van der Waals surface area contributed by atoms with Crippen molar-refractivity contribution in [1.82, 2.24) is 4.31 Å². The minimum Gasteiger partial charge on any atom is -0.399 e. The van der Waals surface area contributed by atoms with E-state index in [9.17, 15) is 8.42 Å². The third-order valence-electron chi connectivity index (χ3n) is 2.90. The van der Waals surface area contributed by atoms with Crippen molar-refractivity contribution in [3.63, 3.8) is 0 Å². The second-order valence-corrected chi connectivity index (χ2v) is 8.44. The van der Waals surface area contributed by atoms with Crippen molar-refractivity contribution in [3.8, 4) is 0 Å². The maximum Gasteiger partial charge on any atom is 0.243 e. The van der Waals surface area contributed by atoms with Crippen molar-refractivity contribution < 1.29 is 8.42 Å². The standard InChI is InChI=1S/C13H15BrN2O2S2/c1-9-3-4-11(15)6-13(9)20(17,18)16(2)7-12-5-10(14)8-19-12/h3-6,8H,7,15H2,1-2H3. The molecule has 0 atom stereocenters. The summed E-state index contributed by atoms with van der Waals surface area (Å²) in [7, 11) is -1.96. The Bertz CT molecular complexity index is 726. The minimum atomic E-state index is -3.54. The second kappa shape index (κ2) is 5.85. The van der Waals surface area contributed by atoms with Crippen molar-refractivity contribution in [3.05, 3.63) is 44.6 Å². The number of nitrogens with zero attached hydrogens (tertiary/aromatic N) is 1. The Balaban J connectivity index is 2.32. The van der Waals surface area contributed by atoms with E-state index in [1.165, 1.54) is 21.7 Å². The summed E-state index contributed by atoms with van der Waals surface area (Å²) in [5.74, 6) is 0. The van der Waals surface area contributed by atoms with Crippen LogP contribution in [0.25, 0.3) is 0 Å². The highest BCUT2D eigenvalue weighted by Gasteiger charge is 2.23. The average molecular weight is 375 g/mol. The van der Waals surface area contributed by atoms with E-state index in [-0.39, 0.29) is 4.90 Å². The fourth-order valence-corrected chi connectivity index (χ4v) is 4.79. The van der Waals surface area contributed by atoms with Gasteiger partial charge in [0.2, 0.25) is 10.0 Å². The Morgan fingerprint density at radius 2 is 2.05 bits per heavy atom. The number of nitrogens with two attached hydrogens (primary N) is 1. The number of benzene rings is 1. The lowest BCUT2D eigenvalue weighted by Gasteiger charge is -2.18. The van der Waals surface area contributed by atoms with Crippen LogP contribution in [0.1, 0.15) is 10.4 Å². The van der Waals surface area contributed by atoms with Crippen LogP contribution in [-0.4, -0.2) is 19.8 Å². The van der Waals surface area contributed by atoms with E-state index in [2.05, 4.69) is 15.9 Å². The fraction of sp³-hybridized carbons (Fsp3) is 0.231. The maximum atomic E-state index is 12.6. The first-order valence-electron chi connectivity index (χ1n) is 5.86. The van der Waals surface area contributed by atoms with Gasteiger partial charge in [-0.25, -0.2) is 8.42 Å². The molecule has 108 valence electrons. The highest BCUT2D eigenvalue weighted by molar-refractivity contribution is 9.10. The molecule has 2 aromatic rings. The molecule has 0 unspecified atom stereocenters. The van der Waals surface area contributed by atoms with Gasteiger partial charge in [0, 0.05) is 34.0 Å². The van der Waals surface area contributed by atoms with Gasteiger partial charge in [0.05, 0.1) is 4.90 Å². The van der Waals surface area contributed by atoms with Gasteiger partial charge in [0.25, 0.3) is 0 Å². The van der Waals surface area contributed by atoms with E-state index < -0.39 is 10.0 Å². The van der Waals surface area contributed by atoms with Gasteiger partial charge in [-0.05, 0) is 46.6 Å². The molecule has 0 bridgehead atoms. The van der Waals surface area contributed by atoms with E-state index in [1.54, 1.807) is 26.1 Å². The lowest BCUT2D eigenvalue weighted by molar-refractivity contribution is 0.469. The maximum absolute atomic E-state index is 12.6. The molecule has 0 amide bonds. The summed E-state index contributed by atoms with van der Waals surface area (Å²) in [6, 6.07) is 6.84. The molecule has 7 heteroatoms. The number of halogens is 1. The summed E-state index contributed by atoms with van der Waals surface area (Å²) in [6.45, 7) is 2.11. The van der Waals surface area contributed by atoms with E-state index in [0.717, 1.165) is 9.35 Å². The Kier molecular flexibility index (Phi) is 4.53. The van der Waals surface area contributed by atoms with Gasteiger partial charge in [-0.3, -0.25) is 0 Å². The number of rotatable bonds is 4. The minimum absolute atomic E-state index is 0.260. The Morgan fingerprint density at radius 1 is 1.35 bits per heavy atom. The first-order valence-corrected chi connectivity index (χ1v) is 8.97. The van der Waals surface area contributed by atoms with Crippen LogP contribution < -0.4 is 5.73 Å². The van der Waals surface area contributed by atoms with Crippen LogP contribution in [0, 0.1) is 6.92 Å². The largest absolute Gasteiger partial charge is 0.399 e. The summed E-state index contributed by atoms with van der Waals surface area (Å²) >= 11 is 4.88. The monoisotopic (exact) mass is 374 g/mol. The zero-order chi connectivity index (χ0) is 14.9. The van der Waals surface area contributed by atoms with Gasteiger partial charge in [0.1, 0.15) is 0 Å². The molecule has 0 radical (unpaired) electrons. The van der Waals surface area contributed by atoms with Gasteiger partial charge >= 0.3 is 0 Å². The van der Waals surface area contributed by atoms with E-state index in [0.29, 0.717) is 17.8 Å². The average Bonchev–Trinajstić information content (AvgIpc) is 2.77. The number of hydrogen-bond acceptors (Lipinski definition) is 4. The van der Waals surface area contributed by atoms with Crippen molar-refractivity contribution in [1.29, 1.82) is 0 Å². The Hall–Kier alpha value is -0.890. The third kappa shape index (κ3) is 3.22. The van der Waals surface area contributed by atoms with E-state index >= 15 is 0 Å². The summed E-state index contributed by atoms with van der Waals surface area (Å²) in [6.07, 6.45) is 0. The summed E-state index contributed by atoms with van der Waals surface area (Å²) in [5.41, 5.74) is 6.83. The van der Waals surface area contributed by atoms with Crippen LogP contribution >= 0.6 is 27.3 Å². The number of sulfonamides is 1.